The summed E-state index contributed by atoms with van der Waals surface area (Å²) in [6, 6.07) is 1.76. The minimum absolute atomic E-state index is 0.117. The number of hydrogen-bond donors (Lipinski definition) is 0. The summed E-state index contributed by atoms with van der Waals surface area (Å²) in [5.41, 5.74) is 0. The van der Waals surface area contributed by atoms with E-state index in [2.05, 4.69) is 14.9 Å². The van der Waals surface area contributed by atoms with Crippen LogP contribution in [0.2, 0.25) is 0 Å². The predicted octanol–water partition coefficient (Wildman–Crippen LogP) is 1.09. The Bertz CT molecular complexity index is 526. The Morgan fingerprint density at radius 1 is 1.39 bits per heavy atom. The number of nitrogens with zero attached hydrogens (tertiary/aromatic N) is 4. The summed E-state index contributed by atoms with van der Waals surface area (Å²) in [6.07, 6.45) is 4.41. The summed E-state index contributed by atoms with van der Waals surface area (Å²) in [7, 11) is 0. The minimum atomic E-state index is 0.117. The van der Waals surface area contributed by atoms with Gasteiger partial charge >= 0.3 is 0 Å². The number of anilines is 1. The first-order valence-electron chi connectivity index (χ1n) is 8.36. The van der Waals surface area contributed by atoms with Crippen LogP contribution < -0.4 is 9.64 Å². The molecule has 126 valence electrons. The zero-order valence-electron chi connectivity index (χ0n) is 13.6. The fraction of sp³-hybridized carbons (Fsp3) is 0.688. The Morgan fingerprint density at radius 2 is 2.22 bits per heavy atom. The average Bonchev–Trinajstić information content (AvgIpc) is 3.08. The van der Waals surface area contributed by atoms with Crippen LogP contribution in [0.5, 0.6) is 5.88 Å². The first kappa shape index (κ1) is 16.0. The van der Waals surface area contributed by atoms with Gasteiger partial charge in [-0.3, -0.25) is 4.79 Å². The molecule has 0 bridgehead atoms. The summed E-state index contributed by atoms with van der Waals surface area (Å²) < 4.78 is 11.0. The molecule has 3 heterocycles. The molecule has 7 nitrogen and oxygen atoms in total. The highest BCUT2D eigenvalue weighted by molar-refractivity contribution is 5.77. The molecule has 0 unspecified atom stereocenters. The van der Waals surface area contributed by atoms with Gasteiger partial charge in [0.2, 0.25) is 17.7 Å². The van der Waals surface area contributed by atoms with Gasteiger partial charge in [0.1, 0.15) is 0 Å². The van der Waals surface area contributed by atoms with E-state index in [1.165, 1.54) is 0 Å². The Morgan fingerprint density at radius 3 is 2.91 bits per heavy atom. The molecular formula is C16H24N4O3. The lowest BCUT2D eigenvalue weighted by Gasteiger charge is -2.35. The van der Waals surface area contributed by atoms with Crippen LogP contribution in [0.25, 0.3) is 0 Å². The second-order valence-electron chi connectivity index (χ2n) is 5.83. The van der Waals surface area contributed by atoms with Crippen molar-refractivity contribution >= 4 is 11.9 Å². The van der Waals surface area contributed by atoms with Crippen molar-refractivity contribution in [3.8, 4) is 5.88 Å². The molecule has 0 N–H and O–H groups in total. The van der Waals surface area contributed by atoms with Crippen LogP contribution in [0.3, 0.4) is 0 Å². The number of hydrogen-bond acceptors (Lipinski definition) is 6. The number of rotatable bonds is 5. The van der Waals surface area contributed by atoms with E-state index in [0.717, 1.165) is 32.5 Å². The molecule has 2 saturated heterocycles. The van der Waals surface area contributed by atoms with E-state index < -0.39 is 0 Å². The molecular weight excluding hydrogens is 296 g/mol. The van der Waals surface area contributed by atoms with Crippen LogP contribution in [0.15, 0.2) is 12.3 Å². The molecule has 1 amide bonds. The van der Waals surface area contributed by atoms with E-state index >= 15 is 0 Å². The lowest BCUT2D eigenvalue weighted by atomic mass is 10.1. The highest BCUT2D eigenvalue weighted by atomic mass is 16.5. The van der Waals surface area contributed by atoms with Crippen molar-refractivity contribution in [1.82, 2.24) is 14.9 Å². The van der Waals surface area contributed by atoms with Crippen molar-refractivity contribution in [3.63, 3.8) is 0 Å². The summed E-state index contributed by atoms with van der Waals surface area (Å²) in [6.45, 7) is 6.20. The maximum absolute atomic E-state index is 12.3. The number of amides is 1. The Kier molecular flexibility index (Phi) is 5.27. The summed E-state index contributed by atoms with van der Waals surface area (Å²) in [4.78, 5) is 25.0. The first-order chi connectivity index (χ1) is 11.3. The van der Waals surface area contributed by atoms with E-state index in [1.807, 2.05) is 11.8 Å². The number of piperazine rings is 1. The van der Waals surface area contributed by atoms with Crippen LogP contribution in [0.4, 0.5) is 5.95 Å². The molecule has 3 rings (SSSR count). The number of aromatic nitrogens is 2. The summed E-state index contributed by atoms with van der Waals surface area (Å²) in [5.74, 6) is 1.46. The minimum Gasteiger partial charge on any atom is -0.478 e. The highest BCUT2D eigenvalue weighted by Gasteiger charge is 2.26. The van der Waals surface area contributed by atoms with E-state index in [0.29, 0.717) is 37.9 Å². The normalized spacial score (nSPS) is 21.5. The van der Waals surface area contributed by atoms with Crippen LogP contribution in [0, 0.1) is 0 Å². The van der Waals surface area contributed by atoms with Gasteiger partial charge in [0.15, 0.2) is 0 Å². The van der Waals surface area contributed by atoms with E-state index in [1.54, 1.807) is 12.3 Å². The molecule has 1 aromatic rings. The molecule has 0 saturated carbocycles. The number of carbonyl (C=O) groups is 1. The van der Waals surface area contributed by atoms with Gasteiger partial charge in [-0.15, -0.1) is 0 Å². The Hall–Kier alpha value is -1.89. The van der Waals surface area contributed by atoms with Gasteiger partial charge in [-0.05, 0) is 19.8 Å². The fourth-order valence-corrected chi connectivity index (χ4v) is 3.00. The lowest BCUT2D eigenvalue weighted by Crippen LogP contribution is -2.49. The van der Waals surface area contributed by atoms with Gasteiger partial charge in [0.05, 0.1) is 19.1 Å². The molecule has 0 radical (unpaired) electrons. The van der Waals surface area contributed by atoms with Gasteiger partial charge in [0, 0.05) is 45.0 Å². The topological polar surface area (TPSA) is 67.8 Å². The van der Waals surface area contributed by atoms with Crippen molar-refractivity contribution in [1.29, 1.82) is 0 Å². The molecule has 2 fully saturated rings. The predicted molar refractivity (Wildman–Crippen MR) is 85.6 cm³/mol. The van der Waals surface area contributed by atoms with Crippen molar-refractivity contribution < 1.29 is 14.3 Å². The van der Waals surface area contributed by atoms with E-state index in [-0.39, 0.29) is 12.0 Å². The monoisotopic (exact) mass is 320 g/mol. The fourth-order valence-electron chi connectivity index (χ4n) is 3.00. The quantitative estimate of drug-likeness (QED) is 0.809. The standard InChI is InChI=1S/C16H24N4O3/c1-2-22-14-5-6-17-16(18-14)20-9-7-19(8-10-20)15(21)12-13-4-3-11-23-13/h5-6,13H,2-4,7-12H2,1H3/t13-/m0/s1. The zero-order valence-corrected chi connectivity index (χ0v) is 13.6. The van der Waals surface area contributed by atoms with Crippen molar-refractivity contribution in [2.75, 3.05) is 44.3 Å². The summed E-state index contributed by atoms with van der Waals surface area (Å²) in [5, 5.41) is 0. The largest absolute Gasteiger partial charge is 0.478 e. The maximum atomic E-state index is 12.3. The van der Waals surface area contributed by atoms with Gasteiger partial charge in [-0.25, -0.2) is 4.98 Å². The van der Waals surface area contributed by atoms with Crippen LogP contribution in [0.1, 0.15) is 26.2 Å². The second-order valence-corrected chi connectivity index (χ2v) is 5.83. The molecule has 1 atom stereocenters. The van der Waals surface area contributed by atoms with Crippen LogP contribution in [-0.4, -0.2) is 66.3 Å². The van der Waals surface area contributed by atoms with Gasteiger partial charge in [0.25, 0.3) is 0 Å². The van der Waals surface area contributed by atoms with E-state index in [9.17, 15) is 4.79 Å². The Labute approximate surface area is 136 Å². The summed E-state index contributed by atoms with van der Waals surface area (Å²) >= 11 is 0. The van der Waals surface area contributed by atoms with Gasteiger partial charge in [-0.2, -0.15) is 4.98 Å². The third kappa shape index (κ3) is 4.10. The van der Waals surface area contributed by atoms with Gasteiger partial charge in [-0.1, -0.05) is 0 Å². The molecule has 0 aliphatic carbocycles. The van der Waals surface area contributed by atoms with Crippen molar-refractivity contribution in [2.24, 2.45) is 0 Å². The highest BCUT2D eigenvalue weighted by Crippen LogP contribution is 2.18. The van der Waals surface area contributed by atoms with Gasteiger partial charge < -0.3 is 19.3 Å². The molecule has 2 aliphatic heterocycles. The number of ether oxygens (including phenoxy) is 2. The smallest absolute Gasteiger partial charge is 0.228 e. The zero-order chi connectivity index (χ0) is 16.1. The Balaban J connectivity index is 1.51. The molecule has 0 spiro atoms. The van der Waals surface area contributed by atoms with Crippen LogP contribution in [-0.2, 0) is 9.53 Å². The second kappa shape index (κ2) is 7.59. The lowest BCUT2D eigenvalue weighted by molar-refractivity contribution is -0.133. The molecule has 1 aromatic heterocycles. The third-order valence-corrected chi connectivity index (χ3v) is 4.25. The SMILES string of the molecule is CCOc1ccnc(N2CCN(C(=O)C[C@@H]3CCCO3)CC2)n1. The first-order valence-corrected chi connectivity index (χ1v) is 8.36. The molecule has 0 aromatic carbocycles. The van der Waals surface area contributed by atoms with Crippen molar-refractivity contribution in [2.45, 2.75) is 32.3 Å². The molecule has 7 heteroatoms. The van der Waals surface area contributed by atoms with Crippen LogP contribution >= 0.6 is 0 Å². The third-order valence-electron chi connectivity index (χ3n) is 4.25. The maximum Gasteiger partial charge on any atom is 0.228 e. The van der Waals surface area contributed by atoms with Crippen molar-refractivity contribution in [3.05, 3.63) is 12.3 Å². The number of carbonyl (C=O) groups excluding carboxylic acids is 1. The molecule has 2 aliphatic rings. The van der Waals surface area contributed by atoms with E-state index in [4.69, 9.17) is 9.47 Å². The average molecular weight is 320 g/mol. The molecule has 23 heavy (non-hydrogen) atoms.